The summed E-state index contributed by atoms with van der Waals surface area (Å²) in [6, 6.07) is 13.1. The summed E-state index contributed by atoms with van der Waals surface area (Å²) in [6.45, 7) is 9.16. The first-order valence-corrected chi connectivity index (χ1v) is 12.9. The highest BCUT2D eigenvalue weighted by atomic mass is 32.2. The minimum atomic E-state index is -3.60. The zero-order chi connectivity index (χ0) is 23.8. The Labute approximate surface area is 195 Å². The second kappa shape index (κ2) is 8.87. The Balaban J connectivity index is 1.52. The zero-order valence-electron chi connectivity index (χ0n) is 19.5. The van der Waals surface area contributed by atoms with E-state index in [2.05, 4.69) is 31.0 Å². The van der Waals surface area contributed by atoms with E-state index >= 15 is 0 Å². The normalized spacial score (nSPS) is 19.0. The fourth-order valence-electron chi connectivity index (χ4n) is 3.97. The van der Waals surface area contributed by atoms with Gasteiger partial charge in [-0.15, -0.1) is 0 Å². The fraction of sp³-hybridized carbons (Fsp3) is 0.458. The van der Waals surface area contributed by atoms with Crippen LogP contribution in [0.3, 0.4) is 0 Å². The predicted octanol–water partition coefficient (Wildman–Crippen LogP) is 2.99. The topological polar surface area (TPSA) is 88.2 Å². The number of carbonyl (C=O) groups excluding carboxylic acids is 1. The molecule has 1 atom stereocenters. The van der Waals surface area contributed by atoms with Crippen molar-refractivity contribution in [1.29, 1.82) is 0 Å². The second-order valence-corrected chi connectivity index (χ2v) is 11.4. The van der Waals surface area contributed by atoms with Crippen LogP contribution in [0.25, 0.3) is 0 Å². The molecule has 0 bridgehead atoms. The van der Waals surface area contributed by atoms with Crippen molar-refractivity contribution in [3.8, 4) is 5.75 Å². The van der Waals surface area contributed by atoms with Crippen molar-refractivity contribution in [2.75, 3.05) is 53.6 Å². The van der Waals surface area contributed by atoms with E-state index < -0.39 is 22.0 Å². The smallest absolute Gasteiger partial charge is 0.267 e. The van der Waals surface area contributed by atoms with Crippen molar-refractivity contribution in [1.82, 2.24) is 0 Å². The van der Waals surface area contributed by atoms with Crippen molar-refractivity contribution in [2.45, 2.75) is 32.3 Å². The third-order valence-electron chi connectivity index (χ3n) is 5.90. The fourth-order valence-corrected chi connectivity index (χ4v) is 4.87. The van der Waals surface area contributed by atoms with E-state index in [1.807, 2.05) is 36.4 Å². The highest BCUT2D eigenvalue weighted by Crippen LogP contribution is 2.38. The largest absolute Gasteiger partial charge is 0.476 e. The van der Waals surface area contributed by atoms with Crippen molar-refractivity contribution < 1.29 is 22.7 Å². The van der Waals surface area contributed by atoms with E-state index in [4.69, 9.17) is 9.47 Å². The lowest BCUT2D eigenvalue weighted by molar-refractivity contribution is -0.122. The molecule has 0 spiro atoms. The Morgan fingerprint density at radius 2 is 1.73 bits per heavy atom. The molecule has 0 radical (unpaired) electrons. The average Bonchev–Trinajstić information content (AvgIpc) is 2.77. The van der Waals surface area contributed by atoms with Gasteiger partial charge in [0.2, 0.25) is 10.0 Å². The summed E-state index contributed by atoms with van der Waals surface area (Å²) in [5.74, 6) is -0.0178. The van der Waals surface area contributed by atoms with Gasteiger partial charge in [-0.3, -0.25) is 9.10 Å². The number of hydrogen-bond donors (Lipinski definition) is 1. The number of hydrogen-bond acceptors (Lipinski definition) is 6. The lowest BCUT2D eigenvalue weighted by atomic mass is 9.86. The molecule has 2 aliphatic heterocycles. The number of anilines is 3. The van der Waals surface area contributed by atoms with Gasteiger partial charge >= 0.3 is 0 Å². The van der Waals surface area contributed by atoms with Gasteiger partial charge in [-0.2, -0.15) is 0 Å². The molecule has 2 aromatic carbocycles. The van der Waals surface area contributed by atoms with Crippen LogP contribution in [-0.2, 0) is 25.0 Å². The van der Waals surface area contributed by atoms with Crippen LogP contribution >= 0.6 is 0 Å². The van der Waals surface area contributed by atoms with Gasteiger partial charge in [-0.25, -0.2) is 8.42 Å². The first-order valence-electron chi connectivity index (χ1n) is 11.0. The Morgan fingerprint density at radius 1 is 1.06 bits per heavy atom. The standard InChI is InChI=1S/C24H31N3O5S/c1-24(2,3)17-5-10-21-20(15-17)27(33(4,29)30)16-22(32-21)23(28)25-18-6-8-19(9-7-18)26-11-13-31-14-12-26/h5-10,15,22H,11-14,16H2,1-4H3,(H,25,28). The van der Waals surface area contributed by atoms with Gasteiger partial charge in [0.25, 0.3) is 5.91 Å². The molecule has 178 valence electrons. The average molecular weight is 474 g/mol. The van der Waals surface area contributed by atoms with Crippen LogP contribution in [0.1, 0.15) is 26.3 Å². The molecule has 2 aromatic rings. The van der Waals surface area contributed by atoms with Gasteiger partial charge in [0.05, 0.1) is 31.7 Å². The van der Waals surface area contributed by atoms with Crippen LogP contribution in [-0.4, -0.2) is 59.5 Å². The number of amides is 1. The summed E-state index contributed by atoms with van der Waals surface area (Å²) < 4.78 is 37.7. The maximum absolute atomic E-state index is 13.0. The Kier molecular flexibility index (Phi) is 6.28. The van der Waals surface area contributed by atoms with Gasteiger partial charge in [0.1, 0.15) is 5.75 Å². The lowest BCUT2D eigenvalue weighted by Crippen LogP contribution is -2.48. The van der Waals surface area contributed by atoms with Crippen LogP contribution in [0, 0.1) is 0 Å². The molecule has 33 heavy (non-hydrogen) atoms. The number of ether oxygens (including phenoxy) is 2. The van der Waals surface area contributed by atoms with Gasteiger partial charge < -0.3 is 19.7 Å². The van der Waals surface area contributed by atoms with Crippen LogP contribution in [0.5, 0.6) is 5.75 Å². The van der Waals surface area contributed by atoms with Crippen molar-refractivity contribution in [3.05, 3.63) is 48.0 Å². The molecule has 8 nitrogen and oxygen atoms in total. The molecular formula is C24H31N3O5S. The third-order valence-corrected chi connectivity index (χ3v) is 7.04. The monoisotopic (exact) mass is 473 g/mol. The number of nitrogens with zero attached hydrogens (tertiary/aromatic N) is 2. The summed E-state index contributed by atoms with van der Waals surface area (Å²) in [4.78, 5) is 15.2. The second-order valence-electron chi connectivity index (χ2n) is 9.47. The Hall–Kier alpha value is -2.78. The van der Waals surface area contributed by atoms with E-state index in [0.717, 1.165) is 30.6 Å². The molecule has 2 heterocycles. The summed E-state index contributed by atoms with van der Waals surface area (Å²) >= 11 is 0. The van der Waals surface area contributed by atoms with E-state index in [1.54, 1.807) is 6.07 Å². The lowest BCUT2D eigenvalue weighted by Gasteiger charge is -2.35. The molecule has 1 unspecified atom stereocenters. The maximum atomic E-state index is 13.0. The predicted molar refractivity (Wildman–Crippen MR) is 130 cm³/mol. The first-order chi connectivity index (χ1) is 15.5. The minimum Gasteiger partial charge on any atom is -0.476 e. The Morgan fingerprint density at radius 3 is 2.33 bits per heavy atom. The summed E-state index contributed by atoms with van der Waals surface area (Å²) in [7, 11) is -3.60. The van der Waals surface area contributed by atoms with Crippen LogP contribution in [0.15, 0.2) is 42.5 Å². The SMILES string of the molecule is CC(C)(C)c1ccc2c(c1)N(S(C)(=O)=O)CC(C(=O)Nc1ccc(N3CCOCC3)cc1)O2. The number of benzene rings is 2. The number of carbonyl (C=O) groups is 1. The van der Waals surface area contributed by atoms with Crippen LogP contribution in [0.2, 0.25) is 0 Å². The van der Waals surface area contributed by atoms with Crippen molar-refractivity contribution >= 4 is 33.0 Å². The molecule has 1 saturated heterocycles. The number of sulfonamides is 1. The molecule has 4 rings (SSSR count). The molecule has 1 fully saturated rings. The zero-order valence-corrected chi connectivity index (χ0v) is 20.3. The van der Waals surface area contributed by atoms with Crippen LogP contribution in [0.4, 0.5) is 17.1 Å². The van der Waals surface area contributed by atoms with Crippen molar-refractivity contribution in [2.24, 2.45) is 0 Å². The molecule has 9 heteroatoms. The summed E-state index contributed by atoms with van der Waals surface area (Å²) in [5.41, 5.74) is 2.99. The number of nitrogens with one attached hydrogen (secondary N) is 1. The Bertz CT molecular complexity index is 1120. The van der Waals surface area contributed by atoms with Gasteiger partial charge in [0, 0.05) is 24.5 Å². The molecule has 0 aliphatic carbocycles. The highest BCUT2D eigenvalue weighted by Gasteiger charge is 2.36. The molecular weight excluding hydrogens is 442 g/mol. The first kappa shape index (κ1) is 23.4. The number of morpholine rings is 1. The van der Waals surface area contributed by atoms with E-state index in [9.17, 15) is 13.2 Å². The number of fused-ring (bicyclic) bond motifs is 1. The molecule has 1 N–H and O–H groups in total. The number of rotatable bonds is 4. The molecule has 0 aromatic heterocycles. The van der Waals surface area contributed by atoms with Crippen molar-refractivity contribution in [3.63, 3.8) is 0 Å². The minimum absolute atomic E-state index is 0.0862. The van der Waals surface area contributed by atoms with Gasteiger partial charge in [-0.1, -0.05) is 26.8 Å². The molecule has 0 saturated carbocycles. The summed E-state index contributed by atoms with van der Waals surface area (Å²) in [5, 5.41) is 2.85. The molecule has 2 aliphatic rings. The molecule has 1 amide bonds. The summed E-state index contributed by atoms with van der Waals surface area (Å²) in [6.07, 6.45) is 0.178. The van der Waals surface area contributed by atoms with E-state index in [0.29, 0.717) is 30.3 Å². The third kappa shape index (κ3) is 5.25. The van der Waals surface area contributed by atoms with Gasteiger partial charge in [-0.05, 0) is 47.4 Å². The highest BCUT2D eigenvalue weighted by molar-refractivity contribution is 7.92. The quantitative estimate of drug-likeness (QED) is 0.735. The van der Waals surface area contributed by atoms with E-state index in [1.165, 1.54) is 4.31 Å². The van der Waals surface area contributed by atoms with Gasteiger partial charge in [0.15, 0.2) is 6.10 Å². The van der Waals surface area contributed by atoms with E-state index in [-0.39, 0.29) is 12.0 Å². The van der Waals surface area contributed by atoms with Crippen LogP contribution < -0.4 is 19.3 Å². The maximum Gasteiger partial charge on any atom is 0.267 e.